The summed E-state index contributed by atoms with van der Waals surface area (Å²) in [5.74, 6) is 1.04. The second-order valence-electron chi connectivity index (χ2n) is 7.81. The first kappa shape index (κ1) is 22.9. The quantitative estimate of drug-likeness (QED) is 0.288. The molecule has 1 N–H and O–H groups in total. The fourth-order valence-electron chi connectivity index (χ4n) is 3.43. The lowest BCUT2D eigenvalue weighted by atomic mass is 10.0. The topological polar surface area (TPSA) is 64.4 Å². The van der Waals surface area contributed by atoms with Crippen LogP contribution in [-0.4, -0.2) is 18.0 Å². The van der Waals surface area contributed by atoms with Crippen LogP contribution in [0, 0.1) is 0 Å². The van der Waals surface area contributed by atoms with E-state index in [1.165, 1.54) is 18.7 Å². The smallest absolute Gasteiger partial charge is 0.248 e. The van der Waals surface area contributed by atoms with Gasteiger partial charge in [0.05, 0.1) is 12.1 Å². The summed E-state index contributed by atoms with van der Waals surface area (Å²) in [6, 6.07) is 16.6. The van der Waals surface area contributed by atoms with Gasteiger partial charge in [0.1, 0.15) is 11.3 Å². The third-order valence-corrected chi connectivity index (χ3v) is 5.61. The number of carbonyl (C=O) groups is 1. The van der Waals surface area contributed by atoms with Gasteiger partial charge in [0.15, 0.2) is 5.58 Å². The standard InChI is InChI=1S/C26H22Cl2N2O3/c1-15(2)16-7-9-23-22(13-16)30-26(33-23)18-5-4-6-20(12-18)29-24(31)10-8-17-11-19(27)14-21(28)25(17)32-3/h4-15H,1-3H3,(H,29,31). The van der Waals surface area contributed by atoms with E-state index >= 15 is 0 Å². The first-order chi connectivity index (χ1) is 15.8. The van der Waals surface area contributed by atoms with Crippen LogP contribution < -0.4 is 10.1 Å². The van der Waals surface area contributed by atoms with Crippen molar-refractivity contribution in [3.05, 3.63) is 81.8 Å². The molecule has 7 heteroatoms. The number of aromatic nitrogens is 1. The predicted molar refractivity (Wildman–Crippen MR) is 134 cm³/mol. The molecule has 3 aromatic carbocycles. The molecule has 0 atom stereocenters. The first-order valence-corrected chi connectivity index (χ1v) is 11.1. The van der Waals surface area contributed by atoms with E-state index in [0.29, 0.717) is 38.9 Å². The maximum Gasteiger partial charge on any atom is 0.248 e. The van der Waals surface area contributed by atoms with E-state index in [2.05, 4.69) is 24.1 Å². The lowest BCUT2D eigenvalue weighted by Gasteiger charge is -2.08. The summed E-state index contributed by atoms with van der Waals surface area (Å²) in [4.78, 5) is 17.1. The first-order valence-electron chi connectivity index (χ1n) is 10.4. The summed E-state index contributed by atoms with van der Waals surface area (Å²) in [6.45, 7) is 4.28. The fraction of sp³-hybridized carbons (Fsp3) is 0.154. The van der Waals surface area contributed by atoms with Gasteiger partial charge in [-0.3, -0.25) is 4.79 Å². The van der Waals surface area contributed by atoms with E-state index in [4.69, 9.17) is 32.4 Å². The number of benzene rings is 3. The van der Waals surface area contributed by atoms with Crippen molar-refractivity contribution in [3.63, 3.8) is 0 Å². The zero-order chi connectivity index (χ0) is 23.5. The van der Waals surface area contributed by atoms with Crippen molar-refractivity contribution in [2.75, 3.05) is 12.4 Å². The maximum absolute atomic E-state index is 12.5. The molecule has 1 amide bonds. The van der Waals surface area contributed by atoms with Crippen molar-refractivity contribution in [1.29, 1.82) is 0 Å². The van der Waals surface area contributed by atoms with Gasteiger partial charge >= 0.3 is 0 Å². The van der Waals surface area contributed by atoms with E-state index < -0.39 is 0 Å². The second-order valence-corrected chi connectivity index (χ2v) is 8.66. The monoisotopic (exact) mass is 480 g/mol. The molecule has 1 heterocycles. The Balaban J connectivity index is 1.53. The number of hydrogen-bond acceptors (Lipinski definition) is 4. The molecule has 5 nitrogen and oxygen atoms in total. The zero-order valence-corrected chi connectivity index (χ0v) is 19.9. The SMILES string of the molecule is COc1c(Cl)cc(Cl)cc1C=CC(=O)Nc1cccc(-c2nc3cc(C(C)C)ccc3o2)c1. The molecule has 0 fully saturated rings. The molecule has 0 saturated heterocycles. The summed E-state index contributed by atoms with van der Waals surface area (Å²) >= 11 is 12.2. The lowest BCUT2D eigenvalue weighted by molar-refractivity contribution is -0.111. The van der Waals surface area contributed by atoms with Crippen LogP contribution in [0.5, 0.6) is 5.75 Å². The van der Waals surface area contributed by atoms with Crippen molar-refractivity contribution >= 4 is 52.0 Å². The van der Waals surface area contributed by atoms with E-state index in [0.717, 1.165) is 16.7 Å². The van der Waals surface area contributed by atoms with Gasteiger partial charge < -0.3 is 14.5 Å². The minimum absolute atomic E-state index is 0.315. The molecule has 4 aromatic rings. The Morgan fingerprint density at radius 3 is 2.70 bits per heavy atom. The Bertz CT molecular complexity index is 1360. The van der Waals surface area contributed by atoms with Crippen LogP contribution >= 0.6 is 23.2 Å². The highest BCUT2D eigenvalue weighted by atomic mass is 35.5. The Labute approximate surface area is 202 Å². The number of anilines is 1. The summed E-state index contributed by atoms with van der Waals surface area (Å²) < 4.78 is 11.2. The lowest BCUT2D eigenvalue weighted by Crippen LogP contribution is -2.07. The van der Waals surface area contributed by atoms with E-state index in [1.54, 1.807) is 24.3 Å². The van der Waals surface area contributed by atoms with Gasteiger partial charge in [-0.25, -0.2) is 4.98 Å². The van der Waals surface area contributed by atoms with Gasteiger partial charge in [-0.2, -0.15) is 0 Å². The van der Waals surface area contributed by atoms with Gasteiger partial charge in [0, 0.05) is 27.9 Å². The fourth-order valence-corrected chi connectivity index (χ4v) is 4.01. The summed E-state index contributed by atoms with van der Waals surface area (Å²) in [7, 11) is 1.51. The van der Waals surface area contributed by atoms with Crippen molar-refractivity contribution in [3.8, 4) is 17.2 Å². The molecule has 168 valence electrons. The zero-order valence-electron chi connectivity index (χ0n) is 18.4. The van der Waals surface area contributed by atoms with Crippen LogP contribution in [0.2, 0.25) is 10.0 Å². The minimum atomic E-state index is -0.315. The molecule has 0 spiro atoms. The van der Waals surface area contributed by atoms with Crippen LogP contribution in [0.1, 0.15) is 30.9 Å². The van der Waals surface area contributed by atoms with Gasteiger partial charge in [-0.15, -0.1) is 0 Å². The predicted octanol–water partition coefficient (Wildman–Crippen LogP) is 7.59. The average molecular weight is 481 g/mol. The summed E-state index contributed by atoms with van der Waals surface area (Å²) in [5.41, 5.74) is 4.72. The maximum atomic E-state index is 12.5. The van der Waals surface area contributed by atoms with Crippen molar-refractivity contribution in [2.24, 2.45) is 0 Å². The number of nitrogens with zero attached hydrogens (tertiary/aromatic N) is 1. The Morgan fingerprint density at radius 2 is 1.94 bits per heavy atom. The Morgan fingerprint density at radius 1 is 1.12 bits per heavy atom. The Kier molecular flexibility index (Phi) is 6.72. The molecular weight excluding hydrogens is 459 g/mol. The second kappa shape index (κ2) is 9.69. The van der Waals surface area contributed by atoms with Crippen LogP contribution in [0.15, 0.2) is 65.1 Å². The van der Waals surface area contributed by atoms with Crippen LogP contribution in [0.4, 0.5) is 5.69 Å². The molecule has 0 unspecified atom stereocenters. The van der Waals surface area contributed by atoms with E-state index in [9.17, 15) is 4.79 Å². The largest absolute Gasteiger partial charge is 0.495 e. The molecular formula is C26H22Cl2N2O3. The number of carbonyl (C=O) groups excluding carboxylic acids is 1. The third-order valence-electron chi connectivity index (χ3n) is 5.11. The van der Waals surface area contributed by atoms with Crippen LogP contribution in [0.3, 0.4) is 0 Å². The number of oxazole rings is 1. The van der Waals surface area contributed by atoms with E-state index in [1.807, 2.05) is 36.4 Å². The number of ether oxygens (including phenoxy) is 1. The van der Waals surface area contributed by atoms with E-state index in [-0.39, 0.29) is 5.91 Å². The number of nitrogens with one attached hydrogen (secondary N) is 1. The molecule has 33 heavy (non-hydrogen) atoms. The summed E-state index contributed by atoms with van der Waals surface area (Å²) in [6.07, 6.45) is 2.99. The minimum Gasteiger partial charge on any atom is -0.495 e. The highest BCUT2D eigenvalue weighted by Crippen LogP contribution is 2.33. The molecule has 4 rings (SSSR count). The normalized spacial score (nSPS) is 11.5. The van der Waals surface area contributed by atoms with Crippen molar-refractivity contribution < 1.29 is 13.9 Å². The average Bonchev–Trinajstić information content (AvgIpc) is 3.21. The molecule has 0 bridgehead atoms. The Hall–Kier alpha value is -3.28. The number of amides is 1. The molecule has 0 saturated carbocycles. The number of methoxy groups -OCH3 is 1. The van der Waals surface area contributed by atoms with Crippen molar-refractivity contribution in [2.45, 2.75) is 19.8 Å². The van der Waals surface area contributed by atoms with Gasteiger partial charge in [-0.1, -0.05) is 49.2 Å². The molecule has 0 radical (unpaired) electrons. The molecule has 0 aliphatic heterocycles. The van der Waals surface area contributed by atoms with Gasteiger partial charge in [0.2, 0.25) is 11.8 Å². The number of fused-ring (bicyclic) bond motifs is 1. The molecule has 0 aliphatic carbocycles. The molecule has 0 aliphatic rings. The van der Waals surface area contributed by atoms with Gasteiger partial charge in [-0.05, 0) is 60.0 Å². The van der Waals surface area contributed by atoms with Crippen molar-refractivity contribution in [1.82, 2.24) is 4.98 Å². The highest BCUT2D eigenvalue weighted by Gasteiger charge is 2.12. The van der Waals surface area contributed by atoms with Crippen LogP contribution in [-0.2, 0) is 4.79 Å². The molecule has 1 aromatic heterocycles. The number of rotatable bonds is 6. The van der Waals surface area contributed by atoms with Gasteiger partial charge in [0.25, 0.3) is 0 Å². The highest BCUT2D eigenvalue weighted by molar-refractivity contribution is 6.36. The third kappa shape index (κ3) is 5.21. The van der Waals surface area contributed by atoms with Crippen LogP contribution in [0.25, 0.3) is 28.6 Å². The number of halogens is 2. The number of hydrogen-bond donors (Lipinski definition) is 1. The summed E-state index contributed by atoms with van der Waals surface area (Å²) in [5, 5.41) is 3.67.